The molecule has 1 fully saturated rings. The molecule has 2 aromatic rings. The molecular weight excluding hydrogens is 360 g/mol. The Labute approximate surface area is 165 Å². The summed E-state index contributed by atoms with van der Waals surface area (Å²) in [6.45, 7) is 2.49. The van der Waals surface area contributed by atoms with Crippen LogP contribution in [0.3, 0.4) is 0 Å². The smallest absolute Gasteiger partial charge is 0.227 e. The molecule has 2 amide bonds. The van der Waals surface area contributed by atoms with E-state index in [2.05, 4.69) is 10.6 Å². The Balaban J connectivity index is 1.47. The van der Waals surface area contributed by atoms with Crippen molar-refractivity contribution in [3.05, 3.63) is 64.7 Å². The van der Waals surface area contributed by atoms with Gasteiger partial charge in [-0.3, -0.25) is 9.59 Å². The largest absolute Gasteiger partial charge is 0.352 e. The maximum atomic E-state index is 12.6. The van der Waals surface area contributed by atoms with E-state index in [1.54, 1.807) is 6.07 Å². The lowest BCUT2D eigenvalue weighted by Gasteiger charge is -2.27. The van der Waals surface area contributed by atoms with Gasteiger partial charge in [0.2, 0.25) is 11.8 Å². The standard InChI is InChI=1S/C22H25ClN2O2/c1-15-7-12-19(23)13-20(15)25-22(27)18-10-8-17(9-11-18)21(26)24-14-16-5-3-2-4-6-16/h2-7,12-13,17-18H,8-11,14H2,1H3,(H,24,26)(H,25,27). The summed E-state index contributed by atoms with van der Waals surface area (Å²) in [5, 5.41) is 6.61. The van der Waals surface area contributed by atoms with E-state index in [0.29, 0.717) is 11.6 Å². The lowest BCUT2D eigenvalue weighted by atomic mass is 9.81. The van der Waals surface area contributed by atoms with Crippen LogP contribution in [-0.4, -0.2) is 11.8 Å². The van der Waals surface area contributed by atoms with Gasteiger partial charge in [-0.1, -0.05) is 48.0 Å². The van der Waals surface area contributed by atoms with Gasteiger partial charge in [-0.25, -0.2) is 0 Å². The van der Waals surface area contributed by atoms with Crippen molar-refractivity contribution in [3.63, 3.8) is 0 Å². The van der Waals surface area contributed by atoms with Crippen molar-refractivity contribution in [3.8, 4) is 0 Å². The first-order chi connectivity index (χ1) is 13.0. The lowest BCUT2D eigenvalue weighted by molar-refractivity contribution is -0.128. The number of rotatable bonds is 5. The number of benzene rings is 2. The second-order valence-corrected chi connectivity index (χ2v) is 7.64. The molecule has 1 aliphatic carbocycles. The Bertz CT molecular complexity index is 799. The Morgan fingerprint density at radius 1 is 0.963 bits per heavy atom. The molecule has 0 radical (unpaired) electrons. The molecule has 0 unspecified atom stereocenters. The van der Waals surface area contributed by atoms with Crippen molar-refractivity contribution >= 4 is 29.1 Å². The minimum absolute atomic E-state index is 0.00864. The first-order valence-corrected chi connectivity index (χ1v) is 9.79. The van der Waals surface area contributed by atoms with Gasteiger partial charge >= 0.3 is 0 Å². The van der Waals surface area contributed by atoms with Crippen molar-refractivity contribution < 1.29 is 9.59 Å². The number of hydrogen-bond acceptors (Lipinski definition) is 2. The SMILES string of the molecule is Cc1ccc(Cl)cc1NC(=O)C1CCC(C(=O)NCc2ccccc2)CC1. The molecule has 1 saturated carbocycles. The summed E-state index contributed by atoms with van der Waals surface area (Å²) in [4.78, 5) is 25.0. The quantitative estimate of drug-likeness (QED) is 0.784. The molecule has 0 saturated heterocycles. The first-order valence-electron chi connectivity index (χ1n) is 9.41. The molecule has 2 aromatic carbocycles. The van der Waals surface area contributed by atoms with E-state index in [1.165, 1.54) is 0 Å². The zero-order valence-electron chi connectivity index (χ0n) is 15.5. The van der Waals surface area contributed by atoms with Crippen LogP contribution in [-0.2, 0) is 16.1 Å². The minimum Gasteiger partial charge on any atom is -0.352 e. The highest BCUT2D eigenvalue weighted by atomic mass is 35.5. The average molecular weight is 385 g/mol. The molecule has 4 nitrogen and oxygen atoms in total. The van der Waals surface area contributed by atoms with Crippen LogP contribution in [0.25, 0.3) is 0 Å². The number of carbonyl (C=O) groups is 2. The second-order valence-electron chi connectivity index (χ2n) is 7.20. The molecule has 0 heterocycles. The maximum absolute atomic E-state index is 12.6. The third kappa shape index (κ3) is 5.33. The van der Waals surface area contributed by atoms with Gasteiger partial charge in [-0.05, 0) is 55.9 Å². The Morgan fingerprint density at radius 2 is 1.59 bits per heavy atom. The van der Waals surface area contributed by atoms with Crippen LogP contribution in [0, 0.1) is 18.8 Å². The van der Waals surface area contributed by atoms with Crippen molar-refractivity contribution in [1.82, 2.24) is 5.32 Å². The number of carbonyl (C=O) groups excluding carboxylic acids is 2. The summed E-state index contributed by atoms with van der Waals surface area (Å²) in [6.07, 6.45) is 2.95. The average Bonchev–Trinajstić information content (AvgIpc) is 2.70. The van der Waals surface area contributed by atoms with E-state index in [4.69, 9.17) is 11.6 Å². The number of amides is 2. The lowest BCUT2D eigenvalue weighted by Crippen LogP contribution is -2.35. The topological polar surface area (TPSA) is 58.2 Å². The first kappa shape index (κ1) is 19.4. The summed E-state index contributed by atoms with van der Waals surface area (Å²) in [5.74, 6) is 0.0409. The fourth-order valence-electron chi connectivity index (χ4n) is 3.51. The van der Waals surface area contributed by atoms with Gasteiger partial charge in [0, 0.05) is 29.1 Å². The monoisotopic (exact) mass is 384 g/mol. The molecule has 5 heteroatoms. The highest BCUT2D eigenvalue weighted by Gasteiger charge is 2.30. The number of halogens is 1. The van der Waals surface area contributed by atoms with Crippen molar-refractivity contribution in [2.24, 2.45) is 11.8 Å². The molecule has 2 N–H and O–H groups in total. The van der Waals surface area contributed by atoms with Crippen LogP contribution < -0.4 is 10.6 Å². The minimum atomic E-state index is -0.0541. The van der Waals surface area contributed by atoms with Crippen molar-refractivity contribution in [1.29, 1.82) is 0 Å². The van der Waals surface area contributed by atoms with Gasteiger partial charge in [-0.15, -0.1) is 0 Å². The summed E-state index contributed by atoms with van der Waals surface area (Å²) in [6, 6.07) is 15.4. The fraction of sp³-hybridized carbons (Fsp3) is 0.364. The molecule has 0 spiro atoms. The molecule has 3 rings (SSSR count). The van der Waals surface area contributed by atoms with Crippen LogP contribution in [0.1, 0.15) is 36.8 Å². The summed E-state index contributed by atoms with van der Waals surface area (Å²) < 4.78 is 0. The Kier molecular flexibility index (Phi) is 6.51. The highest BCUT2D eigenvalue weighted by molar-refractivity contribution is 6.31. The number of hydrogen-bond donors (Lipinski definition) is 2. The summed E-state index contributed by atoms with van der Waals surface area (Å²) >= 11 is 6.02. The van der Waals surface area contributed by atoms with Gasteiger partial charge in [0.15, 0.2) is 0 Å². The fourth-order valence-corrected chi connectivity index (χ4v) is 3.68. The molecule has 0 aromatic heterocycles. The van der Waals surface area contributed by atoms with Gasteiger partial charge in [0.25, 0.3) is 0 Å². The van der Waals surface area contributed by atoms with Gasteiger partial charge < -0.3 is 10.6 Å². The Hall–Kier alpha value is -2.33. The van der Waals surface area contributed by atoms with E-state index in [0.717, 1.165) is 42.5 Å². The highest BCUT2D eigenvalue weighted by Crippen LogP contribution is 2.30. The number of nitrogens with one attached hydrogen (secondary N) is 2. The van der Waals surface area contributed by atoms with Crippen molar-refractivity contribution in [2.75, 3.05) is 5.32 Å². The predicted molar refractivity (Wildman–Crippen MR) is 109 cm³/mol. The van der Waals surface area contributed by atoms with Crippen LogP contribution in [0.2, 0.25) is 5.02 Å². The Morgan fingerprint density at radius 3 is 2.26 bits per heavy atom. The van der Waals surface area contributed by atoms with Gasteiger partial charge in [0.05, 0.1) is 0 Å². The van der Waals surface area contributed by atoms with Gasteiger partial charge in [-0.2, -0.15) is 0 Å². The van der Waals surface area contributed by atoms with Crippen LogP contribution in [0.4, 0.5) is 5.69 Å². The summed E-state index contributed by atoms with van der Waals surface area (Å²) in [7, 11) is 0. The third-order valence-electron chi connectivity index (χ3n) is 5.24. The third-order valence-corrected chi connectivity index (χ3v) is 5.47. The van der Waals surface area contributed by atoms with E-state index < -0.39 is 0 Å². The number of anilines is 1. The van der Waals surface area contributed by atoms with Crippen LogP contribution in [0.5, 0.6) is 0 Å². The predicted octanol–water partition coefficient (Wildman–Crippen LogP) is 4.71. The van der Waals surface area contributed by atoms with E-state index >= 15 is 0 Å². The molecule has 0 aliphatic heterocycles. The molecule has 1 aliphatic rings. The molecule has 0 bridgehead atoms. The molecule has 142 valence electrons. The van der Waals surface area contributed by atoms with E-state index in [9.17, 15) is 9.59 Å². The maximum Gasteiger partial charge on any atom is 0.227 e. The normalized spacial score (nSPS) is 19.3. The van der Waals surface area contributed by atoms with Crippen LogP contribution >= 0.6 is 11.6 Å². The van der Waals surface area contributed by atoms with E-state index in [1.807, 2.05) is 49.4 Å². The second kappa shape index (κ2) is 9.05. The van der Waals surface area contributed by atoms with Gasteiger partial charge in [0.1, 0.15) is 0 Å². The molecule has 0 atom stereocenters. The summed E-state index contributed by atoms with van der Waals surface area (Å²) in [5.41, 5.74) is 2.84. The van der Waals surface area contributed by atoms with Crippen LogP contribution in [0.15, 0.2) is 48.5 Å². The molecule has 27 heavy (non-hydrogen) atoms. The van der Waals surface area contributed by atoms with E-state index in [-0.39, 0.29) is 23.7 Å². The molecular formula is C22H25ClN2O2. The van der Waals surface area contributed by atoms with Crippen molar-refractivity contribution in [2.45, 2.75) is 39.2 Å². The zero-order valence-corrected chi connectivity index (χ0v) is 16.3. The zero-order chi connectivity index (χ0) is 19.2. The number of aryl methyl sites for hydroxylation is 1.